The number of carbonyl (C=O) groups excluding carboxylic acids is 6. The maximum atomic E-state index is 14.0. The van der Waals surface area contributed by atoms with Gasteiger partial charge in [0, 0.05) is 43.5 Å². The molecule has 1 aliphatic rings. The van der Waals surface area contributed by atoms with Crippen molar-refractivity contribution in [2.45, 2.75) is 96.4 Å². The lowest BCUT2D eigenvalue weighted by atomic mass is 9.96. The quantitative estimate of drug-likeness (QED) is 0.0597. The van der Waals surface area contributed by atoms with Gasteiger partial charge in [-0.2, -0.15) is 0 Å². The number of amides is 6. The predicted octanol–water partition coefficient (Wildman–Crippen LogP) is -0.735. The van der Waals surface area contributed by atoms with Gasteiger partial charge in [-0.25, -0.2) is 0 Å². The van der Waals surface area contributed by atoms with Gasteiger partial charge in [-0.1, -0.05) is 38.5 Å². The molecule has 6 amide bonds. The SMILES string of the molecule is CC[C@H](C)[C@H](NC(=O)[C@H](Cc1c[nH]c2ccccc12)NC(C)=O)C(=O)N[C@@H](CCCN=C(N)N)C(=O)N1CCC[C@H]1C(=O)N[C@H](C)C(N)=O. The average Bonchev–Trinajstić information content (AvgIpc) is 3.71. The predicted molar refractivity (Wildman–Crippen MR) is 184 cm³/mol. The van der Waals surface area contributed by atoms with Gasteiger partial charge in [0.15, 0.2) is 5.96 Å². The molecule has 11 N–H and O–H groups in total. The Balaban J connectivity index is 1.83. The molecule has 49 heavy (non-hydrogen) atoms. The number of aromatic amines is 1. The molecule has 16 nitrogen and oxygen atoms in total. The van der Waals surface area contributed by atoms with Crippen molar-refractivity contribution in [3.8, 4) is 0 Å². The number of nitrogens with zero attached hydrogens (tertiary/aromatic N) is 2. The summed E-state index contributed by atoms with van der Waals surface area (Å²) in [6.07, 6.45) is 3.84. The van der Waals surface area contributed by atoms with Gasteiger partial charge in [-0.15, -0.1) is 0 Å². The highest BCUT2D eigenvalue weighted by molar-refractivity contribution is 5.97. The van der Waals surface area contributed by atoms with Gasteiger partial charge in [0.25, 0.3) is 0 Å². The van der Waals surface area contributed by atoms with Crippen LogP contribution >= 0.6 is 0 Å². The number of hydrogen-bond acceptors (Lipinski definition) is 7. The normalized spacial score (nSPS) is 17.2. The van der Waals surface area contributed by atoms with E-state index in [1.54, 1.807) is 13.1 Å². The first-order chi connectivity index (χ1) is 23.2. The molecule has 268 valence electrons. The van der Waals surface area contributed by atoms with Crippen LogP contribution in [0.5, 0.6) is 0 Å². The standard InChI is InChI=1S/C33H50N10O6/c1-5-18(2)27(42-29(46)25(40-20(4)44)16-21-17-38-23-11-7-6-10-22(21)23)31(48)41-24(12-8-14-37-33(35)36)32(49)43-15-9-13-26(43)30(47)39-19(3)28(34)45/h6-7,10-11,17-19,24-27,38H,5,8-9,12-16H2,1-4H3,(H2,34,45)(H,39,47)(H,40,44)(H,41,48)(H,42,46)(H4,35,36,37)/t18-,19+,24-,25-,26-,27-/m0/s1. The molecule has 3 rings (SSSR count). The molecule has 0 unspecified atom stereocenters. The lowest BCUT2D eigenvalue weighted by Gasteiger charge is -2.31. The van der Waals surface area contributed by atoms with Gasteiger partial charge >= 0.3 is 0 Å². The van der Waals surface area contributed by atoms with Crippen LogP contribution in [0.25, 0.3) is 10.9 Å². The van der Waals surface area contributed by atoms with Crippen LogP contribution in [-0.4, -0.2) is 94.6 Å². The smallest absolute Gasteiger partial charge is 0.245 e. The van der Waals surface area contributed by atoms with Crippen molar-refractivity contribution < 1.29 is 28.8 Å². The highest BCUT2D eigenvalue weighted by Gasteiger charge is 2.39. The molecule has 0 radical (unpaired) electrons. The minimum Gasteiger partial charge on any atom is -0.370 e. The molecule has 1 aromatic carbocycles. The summed E-state index contributed by atoms with van der Waals surface area (Å²) >= 11 is 0. The number of guanidine groups is 1. The summed E-state index contributed by atoms with van der Waals surface area (Å²) in [5.74, 6) is -3.77. The Kier molecular flexibility index (Phi) is 13.9. The van der Waals surface area contributed by atoms with Crippen molar-refractivity contribution >= 4 is 52.3 Å². The van der Waals surface area contributed by atoms with Crippen LogP contribution in [0.2, 0.25) is 0 Å². The Labute approximate surface area is 285 Å². The van der Waals surface area contributed by atoms with Crippen molar-refractivity contribution in [2.24, 2.45) is 28.1 Å². The molecule has 1 saturated heterocycles. The van der Waals surface area contributed by atoms with E-state index in [-0.39, 0.29) is 37.8 Å². The number of aliphatic imine (C=N–C) groups is 1. The molecule has 1 fully saturated rings. The maximum Gasteiger partial charge on any atom is 0.245 e. The molecular weight excluding hydrogens is 632 g/mol. The van der Waals surface area contributed by atoms with E-state index in [1.807, 2.05) is 31.2 Å². The number of nitrogens with two attached hydrogens (primary N) is 3. The molecule has 2 heterocycles. The van der Waals surface area contributed by atoms with E-state index in [9.17, 15) is 28.8 Å². The number of primary amides is 1. The highest BCUT2D eigenvalue weighted by Crippen LogP contribution is 2.22. The number of carbonyl (C=O) groups is 6. The molecule has 1 aliphatic heterocycles. The number of aromatic nitrogens is 1. The second-order valence-electron chi connectivity index (χ2n) is 12.5. The van der Waals surface area contributed by atoms with Crippen LogP contribution in [0.3, 0.4) is 0 Å². The van der Waals surface area contributed by atoms with Crippen LogP contribution in [0.4, 0.5) is 0 Å². The number of fused-ring (bicyclic) bond motifs is 1. The van der Waals surface area contributed by atoms with Gasteiger partial charge in [0.05, 0.1) is 0 Å². The summed E-state index contributed by atoms with van der Waals surface area (Å²) in [7, 11) is 0. The third-order valence-corrected chi connectivity index (χ3v) is 8.77. The van der Waals surface area contributed by atoms with Crippen LogP contribution in [-0.2, 0) is 35.2 Å². The molecule has 1 aromatic heterocycles. The first kappa shape index (κ1) is 38.3. The second-order valence-corrected chi connectivity index (χ2v) is 12.5. The van der Waals surface area contributed by atoms with Crippen molar-refractivity contribution in [2.75, 3.05) is 13.1 Å². The van der Waals surface area contributed by atoms with Crippen molar-refractivity contribution in [3.05, 3.63) is 36.0 Å². The molecule has 0 saturated carbocycles. The van der Waals surface area contributed by atoms with Gasteiger partial charge in [-0.05, 0) is 50.2 Å². The lowest BCUT2D eigenvalue weighted by molar-refractivity contribution is -0.142. The fourth-order valence-electron chi connectivity index (χ4n) is 5.84. The summed E-state index contributed by atoms with van der Waals surface area (Å²) in [6, 6.07) is 2.67. The third kappa shape index (κ3) is 10.7. The Morgan fingerprint density at radius 2 is 1.69 bits per heavy atom. The van der Waals surface area contributed by atoms with Crippen LogP contribution in [0, 0.1) is 5.92 Å². The van der Waals surface area contributed by atoms with Gasteiger partial charge in [-0.3, -0.25) is 33.8 Å². The summed E-state index contributed by atoms with van der Waals surface area (Å²) < 4.78 is 0. The zero-order chi connectivity index (χ0) is 36.2. The lowest BCUT2D eigenvalue weighted by Crippen LogP contribution is -2.60. The van der Waals surface area contributed by atoms with Crippen LogP contribution < -0.4 is 38.5 Å². The zero-order valence-corrected chi connectivity index (χ0v) is 28.6. The van der Waals surface area contributed by atoms with E-state index < -0.39 is 65.7 Å². The summed E-state index contributed by atoms with van der Waals surface area (Å²) in [4.78, 5) is 86.8. The number of benzene rings is 1. The van der Waals surface area contributed by atoms with E-state index in [4.69, 9.17) is 17.2 Å². The molecule has 2 aromatic rings. The number of likely N-dealkylation sites (tertiary alicyclic amines) is 1. The summed E-state index contributed by atoms with van der Waals surface area (Å²) in [6.45, 7) is 6.89. The van der Waals surface area contributed by atoms with E-state index >= 15 is 0 Å². The van der Waals surface area contributed by atoms with E-state index in [1.165, 1.54) is 18.7 Å². The van der Waals surface area contributed by atoms with E-state index in [2.05, 4.69) is 31.2 Å². The first-order valence-corrected chi connectivity index (χ1v) is 16.6. The summed E-state index contributed by atoms with van der Waals surface area (Å²) in [5, 5.41) is 11.8. The number of nitrogens with one attached hydrogen (secondary N) is 5. The minimum atomic E-state index is -1.08. The molecule has 16 heteroatoms. The number of H-pyrrole nitrogens is 1. The van der Waals surface area contributed by atoms with Crippen molar-refractivity contribution in [1.82, 2.24) is 31.2 Å². The van der Waals surface area contributed by atoms with Crippen LogP contribution in [0.1, 0.15) is 65.4 Å². The second kappa shape index (κ2) is 17.8. The van der Waals surface area contributed by atoms with Gasteiger partial charge < -0.3 is 48.4 Å². The molecule has 0 aliphatic carbocycles. The minimum absolute atomic E-state index is 0.118. The molecule has 6 atom stereocenters. The topological polar surface area (TPSA) is 260 Å². The summed E-state index contributed by atoms with van der Waals surface area (Å²) in [5.41, 5.74) is 17.9. The van der Waals surface area contributed by atoms with Crippen molar-refractivity contribution in [3.63, 3.8) is 0 Å². The van der Waals surface area contributed by atoms with Crippen LogP contribution in [0.15, 0.2) is 35.5 Å². The molecular formula is C33H50N10O6. The number of hydrogen-bond donors (Lipinski definition) is 8. The first-order valence-electron chi connectivity index (χ1n) is 16.6. The Morgan fingerprint density at radius 1 is 0.980 bits per heavy atom. The Hall–Kier alpha value is -5.15. The Bertz CT molecular complexity index is 1540. The fraction of sp³-hybridized carbons (Fsp3) is 0.545. The number of rotatable bonds is 17. The largest absolute Gasteiger partial charge is 0.370 e. The zero-order valence-electron chi connectivity index (χ0n) is 28.6. The fourth-order valence-corrected chi connectivity index (χ4v) is 5.84. The third-order valence-electron chi connectivity index (χ3n) is 8.77. The highest BCUT2D eigenvalue weighted by atomic mass is 16.2. The average molecular weight is 683 g/mol. The molecule has 0 bridgehead atoms. The van der Waals surface area contributed by atoms with Crippen molar-refractivity contribution in [1.29, 1.82) is 0 Å². The Morgan fingerprint density at radius 3 is 2.35 bits per heavy atom. The maximum absolute atomic E-state index is 14.0. The molecule has 0 spiro atoms. The monoisotopic (exact) mass is 682 g/mol. The number of para-hydroxylation sites is 1. The van der Waals surface area contributed by atoms with Gasteiger partial charge in [0.2, 0.25) is 35.4 Å². The van der Waals surface area contributed by atoms with Gasteiger partial charge in [0.1, 0.15) is 30.2 Å². The van der Waals surface area contributed by atoms with E-state index in [0.29, 0.717) is 25.7 Å². The van der Waals surface area contributed by atoms with E-state index in [0.717, 1.165) is 16.5 Å².